The molecule has 3 unspecified atom stereocenters. The number of rotatable bonds is 1. The Hall–Kier alpha value is -1.06. The summed E-state index contributed by atoms with van der Waals surface area (Å²) in [6.07, 6.45) is 3.78. The van der Waals surface area contributed by atoms with Gasteiger partial charge in [-0.1, -0.05) is 10.6 Å². The second kappa shape index (κ2) is 2.97. The van der Waals surface area contributed by atoms with Crippen molar-refractivity contribution in [2.75, 3.05) is 0 Å². The van der Waals surface area contributed by atoms with Gasteiger partial charge in [0.15, 0.2) is 0 Å². The van der Waals surface area contributed by atoms with Crippen LogP contribution in [0, 0.1) is 5.41 Å². The maximum absolute atomic E-state index is 11.5. The molecule has 0 amide bonds. The number of allylic oxidation sites excluding steroid dienone is 1. The van der Waals surface area contributed by atoms with Crippen molar-refractivity contribution in [2.45, 2.75) is 24.9 Å². The number of hydrogen-bond acceptors (Lipinski definition) is 5. The molecule has 1 fully saturated rings. The SMILES string of the molecule is CC12CCC=CC1([P+](=O)[O-])C(=O)OC2=O. The molecule has 15 heavy (non-hydrogen) atoms. The summed E-state index contributed by atoms with van der Waals surface area (Å²) in [5, 5.41) is -1.78. The van der Waals surface area contributed by atoms with Crippen LogP contribution >= 0.6 is 8.03 Å². The van der Waals surface area contributed by atoms with Crippen LogP contribution in [0.4, 0.5) is 0 Å². The molecule has 1 heterocycles. The third-order valence-corrected chi connectivity index (χ3v) is 4.65. The van der Waals surface area contributed by atoms with Crippen molar-refractivity contribution < 1.29 is 23.8 Å². The van der Waals surface area contributed by atoms with E-state index in [1.165, 1.54) is 13.0 Å². The monoisotopic (exact) mass is 228 g/mol. The Kier molecular flexibility index (Phi) is 2.07. The van der Waals surface area contributed by atoms with Crippen molar-refractivity contribution in [2.24, 2.45) is 5.41 Å². The molecule has 0 aromatic rings. The van der Waals surface area contributed by atoms with Gasteiger partial charge in [0.25, 0.3) is 5.16 Å². The normalized spacial score (nSPS) is 40.0. The van der Waals surface area contributed by atoms with Crippen LogP contribution in [0.2, 0.25) is 0 Å². The smallest absolute Gasteiger partial charge is 0.374 e. The van der Waals surface area contributed by atoms with Gasteiger partial charge in [-0.3, -0.25) is 4.79 Å². The van der Waals surface area contributed by atoms with Crippen molar-refractivity contribution in [1.29, 1.82) is 0 Å². The highest BCUT2D eigenvalue weighted by Crippen LogP contribution is 2.57. The number of carbonyl (C=O) groups excluding carboxylic acids is 2. The summed E-state index contributed by atoms with van der Waals surface area (Å²) in [4.78, 5) is 34.3. The highest BCUT2D eigenvalue weighted by Gasteiger charge is 2.74. The minimum atomic E-state index is -3.08. The summed E-state index contributed by atoms with van der Waals surface area (Å²) in [6.45, 7) is 1.47. The quantitative estimate of drug-likeness (QED) is 0.278. The molecule has 6 heteroatoms. The van der Waals surface area contributed by atoms with E-state index in [2.05, 4.69) is 4.74 Å². The van der Waals surface area contributed by atoms with E-state index < -0.39 is 30.5 Å². The zero-order valence-corrected chi connectivity index (χ0v) is 8.95. The van der Waals surface area contributed by atoms with Crippen LogP contribution in [0.5, 0.6) is 0 Å². The fraction of sp³-hybridized carbons (Fsp3) is 0.556. The molecular formula is C9H9O5P. The topological polar surface area (TPSA) is 83.5 Å². The highest BCUT2D eigenvalue weighted by atomic mass is 31.1. The Morgan fingerprint density at radius 2 is 2.13 bits per heavy atom. The minimum absolute atomic E-state index is 0.317. The van der Waals surface area contributed by atoms with Gasteiger partial charge < -0.3 is 9.63 Å². The summed E-state index contributed by atoms with van der Waals surface area (Å²) < 4.78 is 15.7. The zero-order chi connectivity index (χ0) is 11.3. The fourth-order valence-corrected chi connectivity index (χ4v) is 3.19. The molecule has 5 nitrogen and oxygen atoms in total. The summed E-state index contributed by atoms with van der Waals surface area (Å²) in [7, 11) is -3.08. The molecule has 0 radical (unpaired) electrons. The fourth-order valence-electron chi connectivity index (χ4n) is 2.16. The van der Waals surface area contributed by atoms with Crippen molar-refractivity contribution in [3.63, 3.8) is 0 Å². The van der Waals surface area contributed by atoms with Crippen molar-refractivity contribution in [3.05, 3.63) is 12.2 Å². The van der Waals surface area contributed by atoms with Gasteiger partial charge in [-0.2, -0.15) is 0 Å². The summed E-state index contributed by atoms with van der Waals surface area (Å²) in [5.41, 5.74) is -1.26. The Morgan fingerprint density at radius 3 is 2.67 bits per heavy atom. The molecule has 3 atom stereocenters. The lowest BCUT2D eigenvalue weighted by Crippen LogP contribution is -2.48. The van der Waals surface area contributed by atoms with Crippen LogP contribution in [0.1, 0.15) is 19.8 Å². The van der Waals surface area contributed by atoms with E-state index >= 15 is 0 Å². The average Bonchev–Trinajstić information content (AvgIpc) is 2.36. The number of carbonyl (C=O) groups is 2. The molecule has 2 rings (SSSR count). The van der Waals surface area contributed by atoms with Crippen molar-refractivity contribution >= 4 is 20.0 Å². The standard InChI is InChI=1S/C9H9O5P/c1-8-4-2-3-5-9(8,15(12)13)7(11)14-6(8)10/h3,5H,2,4H2,1H3. The highest BCUT2D eigenvalue weighted by molar-refractivity contribution is 7.40. The van der Waals surface area contributed by atoms with Crippen LogP contribution in [-0.2, 0) is 18.9 Å². The van der Waals surface area contributed by atoms with Crippen LogP contribution in [0.3, 0.4) is 0 Å². The number of esters is 2. The maximum Gasteiger partial charge on any atom is 0.374 e. The van der Waals surface area contributed by atoms with Gasteiger partial charge >= 0.3 is 20.0 Å². The van der Waals surface area contributed by atoms with E-state index in [4.69, 9.17) is 0 Å². The number of hydrogen-bond donors (Lipinski definition) is 0. The van der Waals surface area contributed by atoms with Crippen LogP contribution in [0.25, 0.3) is 0 Å². The first-order valence-electron chi connectivity index (χ1n) is 4.54. The van der Waals surface area contributed by atoms with Crippen molar-refractivity contribution in [1.82, 2.24) is 0 Å². The molecule has 0 saturated carbocycles. The first-order chi connectivity index (χ1) is 6.95. The first kappa shape index (κ1) is 10.5. The molecule has 0 bridgehead atoms. The van der Waals surface area contributed by atoms with Gasteiger partial charge in [0.2, 0.25) is 0 Å². The Bertz CT molecular complexity index is 401. The van der Waals surface area contributed by atoms with E-state index in [-0.39, 0.29) is 0 Å². The number of fused-ring (bicyclic) bond motifs is 1. The van der Waals surface area contributed by atoms with E-state index in [0.29, 0.717) is 12.8 Å². The lowest BCUT2D eigenvalue weighted by molar-refractivity contribution is -0.172. The first-order valence-corrected chi connectivity index (χ1v) is 5.72. The third kappa shape index (κ3) is 1.02. The Labute approximate surface area is 87.0 Å². The second-order valence-corrected chi connectivity index (χ2v) is 5.19. The van der Waals surface area contributed by atoms with Gasteiger partial charge in [-0.25, -0.2) is 4.79 Å². The van der Waals surface area contributed by atoms with Gasteiger partial charge in [-0.05, 0) is 25.8 Å². The van der Waals surface area contributed by atoms with Gasteiger partial charge in [0, 0.05) is 0 Å². The molecule has 2 aliphatic rings. The van der Waals surface area contributed by atoms with E-state index in [0.717, 1.165) is 0 Å². The third-order valence-electron chi connectivity index (χ3n) is 3.25. The number of ether oxygens (including phenoxy) is 1. The summed E-state index contributed by atoms with van der Waals surface area (Å²) in [6, 6.07) is 0. The Morgan fingerprint density at radius 1 is 1.47 bits per heavy atom. The van der Waals surface area contributed by atoms with E-state index in [1.54, 1.807) is 6.08 Å². The Balaban J connectivity index is 2.67. The van der Waals surface area contributed by atoms with E-state index in [9.17, 15) is 19.0 Å². The molecular weight excluding hydrogens is 219 g/mol. The predicted octanol–water partition coefficient (Wildman–Crippen LogP) is 0.268. The predicted molar refractivity (Wildman–Crippen MR) is 47.9 cm³/mol. The molecule has 1 aliphatic heterocycles. The van der Waals surface area contributed by atoms with Gasteiger partial charge in [-0.15, -0.1) is 0 Å². The minimum Gasteiger partial charge on any atom is -0.594 e. The van der Waals surface area contributed by atoms with Crippen LogP contribution in [-0.4, -0.2) is 17.1 Å². The largest absolute Gasteiger partial charge is 0.594 e. The molecule has 1 aliphatic carbocycles. The zero-order valence-electron chi connectivity index (χ0n) is 8.06. The van der Waals surface area contributed by atoms with Crippen LogP contribution < -0.4 is 4.89 Å². The lowest BCUT2D eigenvalue weighted by atomic mass is 9.71. The van der Waals surface area contributed by atoms with Gasteiger partial charge in [0.05, 0.1) is 0 Å². The van der Waals surface area contributed by atoms with E-state index in [1.807, 2.05) is 0 Å². The van der Waals surface area contributed by atoms with Crippen LogP contribution in [0.15, 0.2) is 12.2 Å². The molecule has 0 aromatic heterocycles. The maximum atomic E-state index is 11.5. The number of cyclic esters (lactones) is 2. The molecule has 80 valence electrons. The van der Waals surface area contributed by atoms with Crippen molar-refractivity contribution in [3.8, 4) is 0 Å². The van der Waals surface area contributed by atoms with Gasteiger partial charge in [0.1, 0.15) is 5.41 Å². The molecule has 0 aromatic carbocycles. The summed E-state index contributed by atoms with van der Waals surface area (Å²) in [5.74, 6) is -1.71. The molecule has 0 spiro atoms. The second-order valence-electron chi connectivity index (χ2n) is 3.97. The lowest BCUT2D eigenvalue weighted by Gasteiger charge is -2.30. The molecule has 0 N–H and O–H groups in total. The average molecular weight is 228 g/mol. The summed E-state index contributed by atoms with van der Waals surface area (Å²) >= 11 is 0. The molecule has 1 saturated heterocycles.